The Balaban J connectivity index is 0.00000242. The highest BCUT2D eigenvalue weighted by molar-refractivity contribution is 5.86. The number of alkyl halides is 3. The smallest absolute Gasteiger partial charge is 0.391 e. The van der Waals surface area contributed by atoms with Crippen molar-refractivity contribution in [3.8, 4) is 5.75 Å². The van der Waals surface area contributed by atoms with Crippen LogP contribution in [-0.4, -0.2) is 28.8 Å². The lowest BCUT2D eigenvalue weighted by Crippen LogP contribution is -2.28. The van der Waals surface area contributed by atoms with Gasteiger partial charge in [0.05, 0.1) is 5.92 Å². The first-order valence-corrected chi connectivity index (χ1v) is 14.1. The first-order chi connectivity index (χ1) is 19.3. The standard InChI is InChI=1S/C32H35F3N2O3.2ClH/c33-32(34,35)25-14-12-23(13-15-25)22-10-8-21(9-11-22)20-40-30-7-2-1-4-24(30)18-19-36-27-5-3-6-28-26(27)16-17-29(37-28)31(38)39;;/h1-2,4,7-11,16-17,23,25,27,36H,3,5-6,12-15,18-20H2,(H,38,39);2*1H. The lowest BCUT2D eigenvalue weighted by Gasteiger charge is -2.30. The number of benzene rings is 2. The van der Waals surface area contributed by atoms with Crippen LogP contribution in [0.1, 0.15) is 88.9 Å². The zero-order valence-corrected chi connectivity index (χ0v) is 24.9. The zero-order chi connectivity index (χ0) is 28.1. The van der Waals surface area contributed by atoms with Crippen molar-refractivity contribution in [2.24, 2.45) is 5.92 Å². The molecule has 0 amide bonds. The number of ether oxygens (including phenoxy) is 1. The van der Waals surface area contributed by atoms with E-state index in [1.54, 1.807) is 6.07 Å². The first kappa shape index (κ1) is 33.7. The number of hydrogen-bond acceptors (Lipinski definition) is 4. The molecule has 1 unspecified atom stereocenters. The van der Waals surface area contributed by atoms with Crippen LogP contribution < -0.4 is 10.1 Å². The van der Waals surface area contributed by atoms with Crippen LogP contribution in [-0.2, 0) is 19.4 Å². The van der Waals surface area contributed by atoms with Crippen LogP contribution in [0.25, 0.3) is 0 Å². The molecule has 1 atom stereocenters. The highest BCUT2D eigenvalue weighted by Crippen LogP contribution is 2.43. The molecule has 2 aromatic carbocycles. The average molecular weight is 626 g/mol. The topological polar surface area (TPSA) is 71.5 Å². The Morgan fingerprint density at radius 3 is 2.36 bits per heavy atom. The Hall–Kier alpha value is -2.81. The summed E-state index contributed by atoms with van der Waals surface area (Å²) in [5.74, 6) is -1.14. The van der Waals surface area contributed by atoms with Gasteiger partial charge >= 0.3 is 12.1 Å². The van der Waals surface area contributed by atoms with Crippen molar-refractivity contribution >= 4 is 30.8 Å². The number of aromatic carboxylic acids is 1. The molecule has 2 N–H and O–H groups in total. The molecule has 1 aromatic heterocycles. The lowest BCUT2D eigenvalue weighted by molar-refractivity contribution is -0.182. The Labute approximate surface area is 257 Å². The minimum atomic E-state index is -4.08. The van der Waals surface area contributed by atoms with Crippen LogP contribution in [0.15, 0.2) is 60.7 Å². The van der Waals surface area contributed by atoms with Gasteiger partial charge in [-0.2, -0.15) is 13.2 Å². The van der Waals surface area contributed by atoms with Crippen molar-refractivity contribution < 1.29 is 27.8 Å². The molecule has 2 aliphatic rings. The largest absolute Gasteiger partial charge is 0.489 e. The van der Waals surface area contributed by atoms with E-state index in [0.717, 1.165) is 65.9 Å². The fourth-order valence-corrected chi connectivity index (χ4v) is 6.02. The summed E-state index contributed by atoms with van der Waals surface area (Å²) in [5.41, 5.74) is 5.27. The van der Waals surface area contributed by atoms with Crippen LogP contribution in [0.4, 0.5) is 13.2 Å². The molecule has 1 fully saturated rings. The molecule has 1 heterocycles. The number of halogens is 5. The maximum Gasteiger partial charge on any atom is 0.391 e. The Kier molecular flexibility index (Phi) is 12.1. The van der Waals surface area contributed by atoms with Crippen molar-refractivity contribution in [1.82, 2.24) is 10.3 Å². The number of carboxylic acids is 1. The fourth-order valence-electron chi connectivity index (χ4n) is 6.02. The molecule has 5 rings (SSSR count). The number of nitrogens with zero attached hydrogens (tertiary/aromatic N) is 1. The summed E-state index contributed by atoms with van der Waals surface area (Å²) < 4.78 is 45.1. The normalized spacial score (nSPS) is 20.0. The summed E-state index contributed by atoms with van der Waals surface area (Å²) in [4.78, 5) is 15.6. The maximum atomic E-state index is 13.0. The molecule has 0 bridgehead atoms. The number of fused-ring (bicyclic) bond motifs is 1. The van der Waals surface area contributed by atoms with E-state index >= 15 is 0 Å². The number of hydrogen-bond donors (Lipinski definition) is 2. The minimum Gasteiger partial charge on any atom is -0.489 e. The van der Waals surface area contributed by atoms with Gasteiger partial charge in [0.1, 0.15) is 18.1 Å². The number of aryl methyl sites for hydroxylation is 1. The van der Waals surface area contributed by atoms with Gasteiger partial charge in [-0.25, -0.2) is 9.78 Å². The van der Waals surface area contributed by atoms with Gasteiger partial charge in [0, 0.05) is 11.7 Å². The molecule has 10 heteroatoms. The van der Waals surface area contributed by atoms with Gasteiger partial charge in [0.25, 0.3) is 0 Å². The zero-order valence-electron chi connectivity index (χ0n) is 23.2. The molecule has 3 aromatic rings. The van der Waals surface area contributed by atoms with E-state index in [4.69, 9.17) is 4.74 Å². The van der Waals surface area contributed by atoms with Crippen LogP contribution in [0.5, 0.6) is 5.75 Å². The Bertz CT molecular complexity index is 1310. The van der Waals surface area contributed by atoms with Crippen molar-refractivity contribution in [3.63, 3.8) is 0 Å². The summed E-state index contributed by atoms with van der Waals surface area (Å²) >= 11 is 0. The molecule has 42 heavy (non-hydrogen) atoms. The van der Waals surface area contributed by atoms with Gasteiger partial charge < -0.3 is 15.2 Å². The van der Waals surface area contributed by atoms with Crippen LogP contribution in [0.3, 0.4) is 0 Å². The molecular formula is C32H37Cl2F3N2O3. The fraction of sp³-hybridized carbons (Fsp3) is 0.438. The van der Waals surface area contributed by atoms with E-state index in [-0.39, 0.29) is 55.3 Å². The van der Waals surface area contributed by atoms with Crippen molar-refractivity contribution in [2.45, 2.75) is 76.1 Å². The maximum absolute atomic E-state index is 13.0. The van der Waals surface area contributed by atoms with E-state index in [0.29, 0.717) is 19.4 Å². The summed E-state index contributed by atoms with van der Waals surface area (Å²) in [5, 5.41) is 12.9. The molecule has 0 spiro atoms. The molecule has 228 valence electrons. The molecular weight excluding hydrogens is 588 g/mol. The van der Waals surface area contributed by atoms with Crippen molar-refractivity contribution in [1.29, 1.82) is 0 Å². The van der Waals surface area contributed by atoms with Crippen LogP contribution in [0, 0.1) is 5.92 Å². The van der Waals surface area contributed by atoms with Gasteiger partial charge in [-0.15, -0.1) is 24.8 Å². The summed E-state index contributed by atoms with van der Waals surface area (Å²) in [7, 11) is 0. The third-order valence-corrected chi connectivity index (χ3v) is 8.30. The SMILES string of the molecule is Cl.Cl.O=C(O)c1ccc2c(n1)CCCC2NCCc1ccccc1OCc1ccc(C2CCC(C(F)(F)F)CC2)cc1. The highest BCUT2D eigenvalue weighted by atomic mass is 35.5. The summed E-state index contributed by atoms with van der Waals surface area (Å²) in [6, 6.07) is 19.7. The molecule has 1 saturated carbocycles. The number of rotatable bonds is 9. The number of carbonyl (C=O) groups is 1. The third-order valence-electron chi connectivity index (χ3n) is 8.30. The summed E-state index contributed by atoms with van der Waals surface area (Å²) in [6.07, 6.45) is 1.02. The van der Waals surface area contributed by atoms with E-state index < -0.39 is 18.1 Å². The number of para-hydroxylation sites is 1. The van der Waals surface area contributed by atoms with Gasteiger partial charge in [-0.05, 0) is 98.2 Å². The third kappa shape index (κ3) is 8.39. The predicted octanol–water partition coefficient (Wildman–Crippen LogP) is 8.25. The van der Waals surface area contributed by atoms with Crippen LogP contribution in [0.2, 0.25) is 0 Å². The first-order valence-electron chi connectivity index (χ1n) is 14.1. The molecule has 2 aliphatic carbocycles. The molecule has 0 saturated heterocycles. The van der Waals surface area contributed by atoms with E-state index in [1.165, 1.54) is 0 Å². The lowest BCUT2D eigenvalue weighted by atomic mass is 9.78. The summed E-state index contributed by atoms with van der Waals surface area (Å²) in [6.45, 7) is 1.16. The predicted molar refractivity (Wildman–Crippen MR) is 161 cm³/mol. The van der Waals surface area contributed by atoms with Gasteiger partial charge in [0.2, 0.25) is 0 Å². The van der Waals surface area contributed by atoms with E-state index in [1.807, 2.05) is 48.5 Å². The number of nitrogens with one attached hydrogen (secondary N) is 1. The number of pyridine rings is 1. The highest BCUT2D eigenvalue weighted by Gasteiger charge is 2.41. The number of carboxylic acid groups (broad SMARTS) is 1. The average Bonchev–Trinajstić information content (AvgIpc) is 2.96. The van der Waals surface area contributed by atoms with Crippen molar-refractivity contribution in [3.05, 3.63) is 94.3 Å². The second-order valence-electron chi connectivity index (χ2n) is 10.9. The Morgan fingerprint density at radius 2 is 1.67 bits per heavy atom. The van der Waals surface area contributed by atoms with E-state index in [2.05, 4.69) is 16.4 Å². The van der Waals surface area contributed by atoms with Gasteiger partial charge in [0.15, 0.2) is 0 Å². The molecule has 5 nitrogen and oxygen atoms in total. The van der Waals surface area contributed by atoms with Crippen LogP contribution >= 0.6 is 24.8 Å². The monoisotopic (exact) mass is 624 g/mol. The minimum absolute atomic E-state index is 0. The quantitative estimate of drug-likeness (QED) is 0.251. The van der Waals surface area contributed by atoms with Crippen molar-refractivity contribution in [2.75, 3.05) is 6.54 Å². The van der Waals surface area contributed by atoms with E-state index in [9.17, 15) is 23.1 Å². The number of aromatic nitrogens is 1. The molecule has 0 radical (unpaired) electrons. The molecule has 0 aliphatic heterocycles. The van der Waals surface area contributed by atoms with Gasteiger partial charge in [-0.3, -0.25) is 0 Å². The van der Waals surface area contributed by atoms with Gasteiger partial charge in [-0.1, -0.05) is 48.5 Å². The Morgan fingerprint density at radius 1 is 0.952 bits per heavy atom. The second-order valence-corrected chi connectivity index (χ2v) is 10.9. The second kappa shape index (κ2) is 15.1.